The molecule has 0 amide bonds. The second-order valence-corrected chi connectivity index (χ2v) is 4.90. The van der Waals surface area contributed by atoms with Gasteiger partial charge in [-0.25, -0.2) is 4.39 Å². The predicted molar refractivity (Wildman–Crippen MR) is 69.2 cm³/mol. The molecule has 0 saturated carbocycles. The summed E-state index contributed by atoms with van der Waals surface area (Å²) in [6.45, 7) is 3.11. The van der Waals surface area contributed by atoms with E-state index in [0.29, 0.717) is 0 Å². The fraction of sp³-hybridized carbons (Fsp3) is 0.571. The van der Waals surface area contributed by atoms with Crippen LogP contribution in [0.5, 0.6) is 0 Å². The first kappa shape index (κ1) is 12.4. The summed E-state index contributed by atoms with van der Waals surface area (Å²) in [5, 5.41) is 0. The molecule has 0 bridgehead atoms. The standard InChI is InChI=1S/C14H21FN2/c15-13-10-12(6-7-14(13)16)11-17-8-4-2-1-3-5-9-17/h6-7,10H,1-5,8-9,11,16H2. The van der Waals surface area contributed by atoms with Crippen molar-refractivity contribution in [2.45, 2.75) is 38.6 Å². The van der Waals surface area contributed by atoms with Crippen molar-refractivity contribution in [1.82, 2.24) is 4.90 Å². The number of nitrogens with two attached hydrogens (primary N) is 1. The zero-order valence-electron chi connectivity index (χ0n) is 10.3. The molecule has 0 aromatic heterocycles. The summed E-state index contributed by atoms with van der Waals surface area (Å²) in [5.41, 5.74) is 6.74. The molecular weight excluding hydrogens is 215 g/mol. The summed E-state index contributed by atoms with van der Waals surface area (Å²) >= 11 is 0. The molecule has 1 aliphatic rings. The molecule has 2 nitrogen and oxygen atoms in total. The second-order valence-electron chi connectivity index (χ2n) is 4.90. The Morgan fingerprint density at radius 1 is 1.06 bits per heavy atom. The number of benzene rings is 1. The van der Waals surface area contributed by atoms with Crippen LogP contribution in [0.1, 0.15) is 37.7 Å². The maximum atomic E-state index is 13.3. The zero-order valence-corrected chi connectivity index (χ0v) is 10.3. The van der Waals surface area contributed by atoms with Gasteiger partial charge in [-0.15, -0.1) is 0 Å². The number of hydrogen-bond donors (Lipinski definition) is 1. The van der Waals surface area contributed by atoms with Crippen LogP contribution in [-0.4, -0.2) is 18.0 Å². The highest BCUT2D eigenvalue weighted by Crippen LogP contribution is 2.16. The van der Waals surface area contributed by atoms with E-state index in [9.17, 15) is 4.39 Å². The average molecular weight is 236 g/mol. The van der Waals surface area contributed by atoms with Gasteiger partial charge in [0, 0.05) is 6.54 Å². The molecule has 0 spiro atoms. The molecule has 1 aromatic rings. The zero-order chi connectivity index (χ0) is 12.1. The Bertz CT molecular complexity index is 357. The van der Waals surface area contributed by atoms with Gasteiger partial charge in [-0.3, -0.25) is 4.90 Å². The van der Waals surface area contributed by atoms with Crippen LogP contribution < -0.4 is 5.73 Å². The second kappa shape index (κ2) is 6.01. The van der Waals surface area contributed by atoms with Gasteiger partial charge in [0.2, 0.25) is 0 Å². The van der Waals surface area contributed by atoms with E-state index in [-0.39, 0.29) is 11.5 Å². The maximum absolute atomic E-state index is 13.3. The highest BCUT2D eigenvalue weighted by Gasteiger charge is 2.09. The van der Waals surface area contributed by atoms with Gasteiger partial charge in [0.1, 0.15) is 5.82 Å². The van der Waals surface area contributed by atoms with Crippen LogP contribution in [0.4, 0.5) is 10.1 Å². The normalized spacial score (nSPS) is 18.6. The van der Waals surface area contributed by atoms with Gasteiger partial charge in [-0.1, -0.05) is 25.3 Å². The van der Waals surface area contributed by atoms with Gasteiger partial charge in [0.15, 0.2) is 0 Å². The van der Waals surface area contributed by atoms with Crippen LogP contribution in [-0.2, 0) is 6.54 Å². The molecule has 1 heterocycles. The lowest BCUT2D eigenvalue weighted by Crippen LogP contribution is -2.26. The van der Waals surface area contributed by atoms with Gasteiger partial charge >= 0.3 is 0 Å². The smallest absolute Gasteiger partial charge is 0.146 e. The molecule has 94 valence electrons. The van der Waals surface area contributed by atoms with Crippen LogP contribution in [0.3, 0.4) is 0 Å². The number of nitrogen functional groups attached to an aromatic ring is 1. The van der Waals surface area contributed by atoms with Crippen molar-refractivity contribution in [3.63, 3.8) is 0 Å². The monoisotopic (exact) mass is 236 g/mol. The van der Waals surface area contributed by atoms with Crippen molar-refractivity contribution in [1.29, 1.82) is 0 Å². The molecule has 1 aromatic carbocycles. The molecular formula is C14H21FN2. The Labute approximate surface area is 103 Å². The van der Waals surface area contributed by atoms with Crippen molar-refractivity contribution in [3.05, 3.63) is 29.6 Å². The largest absolute Gasteiger partial charge is 0.396 e. The van der Waals surface area contributed by atoms with Gasteiger partial charge in [-0.2, -0.15) is 0 Å². The number of nitrogens with zero attached hydrogens (tertiary/aromatic N) is 1. The van der Waals surface area contributed by atoms with Gasteiger partial charge in [0.05, 0.1) is 5.69 Å². The van der Waals surface area contributed by atoms with Crippen molar-refractivity contribution in [2.75, 3.05) is 18.8 Å². The third-order valence-corrected chi connectivity index (χ3v) is 3.42. The fourth-order valence-corrected chi connectivity index (χ4v) is 2.40. The van der Waals surface area contributed by atoms with Crippen LogP contribution in [0, 0.1) is 5.82 Å². The molecule has 0 unspecified atom stereocenters. The maximum Gasteiger partial charge on any atom is 0.146 e. The lowest BCUT2D eigenvalue weighted by molar-refractivity contribution is 0.239. The van der Waals surface area contributed by atoms with E-state index in [0.717, 1.165) is 25.2 Å². The minimum absolute atomic E-state index is 0.237. The van der Waals surface area contributed by atoms with Gasteiger partial charge in [0.25, 0.3) is 0 Å². The lowest BCUT2D eigenvalue weighted by Gasteiger charge is -2.24. The fourth-order valence-electron chi connectivity index (χ4n) is 2.40. The average Bonchev–Trinajstić information content (AvgIpc) is 2.27. The summed E-state index contributed by atoms with van der Waals surface area (Å²) in [5.74, 6) is -0.297. The minimum atomic E-state index is -0.297. The van der Waals surface area contributed by atoms with E-state index in [2.05, 4.69) is 4.90 Å². The Hall–Kier alpha value is -1.09. The van der Waals surface area contributed by atoms with Crippen LogP contribution >= 0.6 is 0 Å². The number of halogens is 1. The van der Waals surface area contributed by atoms with Crippen molar-refractivity contribution < 1.29 is 4.39 Å². The number of hydrogen-bond acceptors (Lipinski definition) is 2. The van der Waals surface area contributed by atoms with Crippen molar-refractivity contribution in [2.24, 2.45) is 0 Å². The quantitative estimate of drug-likeness (QED) is 0.799. The molecule has 2 rings (SSSR count). The van der Waals surface area contributed by atoms with Crippen molar-refractivity contribution in [3.8, 4) is 0 Å². The third-order valence-electron chi connectivity index (χ3n) is 3.42. The summed E-state index contributed by atoms with van der Waals surface area (Å²) in [4.78, 5) is 2.42. The Morgan fingerprint density at radius 2 is 1.71 bits per heavy atom. The summed E-state index contributed by atoms with van der Waals surface area (Å²) in [6, 6.07) is 5.15. The first-order chi connectivity index (χ1) is 8.25. The summed E-state index contributed by atoms with van der Waals surface area (Å²) < 4.78 is 13.3. The molecule has 0 atom stereocenters. The predicted octanol–water partition coefficient (Wildman–Crippen LogP) is 3.17. The third kappa shape index (κ3) is 3.70. The molecule has 17 heavy (non-hydrogen) atoms. The molecule has 1 saturated heterocycles. The highest BCUT2D eigenvalue weighted by molar-refractivity contribution is 5.41. The molecule has 0 aliphatic carbocycles. The molecule has 0 radical (unpaired) electrons. The Balaban J connectivity index is 1.95. The lowest BCUT2D eigenvalue weighted by atomic mass is 10.1. The van der Waals surface area contributed by atoms with Gasteiger partial charge in [-0.05, 0) is 43.6 Å². The number of rotatable bonds is 2. The topological polar surface area (TPSA) is 29.3 Å². The first-order valence-corrected chi connectivity index (χ1v) is 6.52. The van der Waals surface area contributed by atoms with Crippen molar-refractivity contribution >= 4 is 5.69 Å². The molecule has 1 fully saturated rings. The summed E-state index contributed by atoms with van der Waals surface area (Å²) in [6.07, 6.45) is 6.54. The van der Waals surface area contributed by atoms with E-state index in [1.165, 1.54) is 32.1 Å². The SMILES string of the molecule is Nc1ccc(CN2CCCCCCC2)cc1F. The minimum Gasteiger partial charge on any atom is -0.396 e. The van der Waals surface area contributed by atoms with E-state index in [1.807, 2.05) is 6.07 Å². The van der Waals surface area contributed by atoms with E-state index < -0.39 is 0 Å². The molecule has 2 N–H and O–H groups in total. The highest BCUT2D eigenvalue weighted by atomic mass is 19.1. The van der Waals surface area contributed by atoms with Crippen LogP contribution in [0.15, 0.2) is 18.2 Å². The van der Waals surface area contributed by atoms with Crippen LogP contribution in [0.2, 0.25) is 0 Å². The van der Waals surface area contributed by atoms with E-state index in [1.54, 1.807) is 12.1 Å². The first-order valence-electron chi connectivity index (χ1n) is 6.52. The number of likely N-dealkylation sites (tertiary alicyclic amines) is 1. The van der Waals surface area contributed by atoms with Gasteiger partial charge < -0.3 is 5.73 Å². The Kier molecular flexibility index (Phi) is 4.37. The molecule has 3 heteroatoms. The van der Waals surface area contributed by atoms with E-state index in [4.69, 9.17) is 5.73 Å². The van der Waals surface area contributed by atoms with Crippen LogP contribution in [0.25, 0.3) is 0 Å². The molecule has 1 aliphatic heterocycles. The summed E-state index contributed by atoms with van der Waals surface area (Å²) in [7, 11) is 0. The number of anilines is 1. The van der Waals surface area contributed by atoms with E-state index >= 15 is 0 Å². The Morgan fingerprint density at radius 3 is 2.35 bits per heavy atom.